The zero-order valence-electron chi connectivity index (χ0n) is 8.64. The maximum absolute atomic E-state index is 9.48. The molecule has 0 saturated carbocycles. The summed E-state index contributed by atoms with van der Waals surface area (Å²) in [5.74, 6) is 0.798. The molecular formula is C11H12N2O2. The number of aromatic hydroxyl groups is 1. The first-order chi connectivity index (χ1) is 7.19. The highest BCUT2D eigenvalue weighted by Crippen LogP contribution is 2.23. The van der Waals surface area contributed by atoms with E-state index in [1.807, 2.05) is 23.8 Å². The maximum Gasteiger partial charge on any atom is 0.124 e. The van der Waals surface area contributed by atoms with Gasteiger partial charge in [0.25, 0.3) is 0 Å². The average Bonchev–Trinajstić information content (AvgIpc) is 2.64. The summed E-state index contributed by atoms with van der Waals surface area (Å²) in [6.07, 6.45) is 3.58. The molecule has 0 radical (unpaired) electrons. The summed E-state index contributed by atoms with van der Waals surface area (Å²) in [6.45, 7) is 1.91. The third kappa shape index (κ3) is 1.93. The van der Waals surface area contributed by atoms with Crippen molar-refractivity contribution in [2.45, 2.75) is 6.92 Å². The van der Waals surface area contributed by atoms with E-state index in [2.05, 4.69) is 4.98 Å². The van der Waals surface area contributed by atoms with E-state index in [0.29, 0.717) is 5.75 Å². The number of nitrogens with zero attached hydrogens (tertiary/aromatic N) is 2. The van der Waals surface area contributed by atoms with E-state index >= 15 is 0 Å². The molecule has 0 aliphatic heterocycles. The summed E-state index contributed by atoms with van der Waals surface area (Å²) >= 11 is 0. The SMILES string of the molecule is COc1cc(O)cc(-n2cnc(C)c2)c1. The Kier molecular flexibility index (Phi) is 2.33. The van der Waals surface area contributed by atoms with Crippen molar-refractivity contribution < 1.29 is 9.84 Å². The summed E-state index contributed by atoms with van der Waals surface area (Å²) in [5.41, 5.74) is 1.75. The lowest BCUT2D eigenvalue weighted by Gasteiger charge is -2.06. The van der Waals surface area contributed by atoms with Gasteiger partial charge in [0.15, 0.2) is 0 Å². The van der Waals surface area contributed by atoms with Gasteiger partial charge >= 0.3 is 0 Å². The lowest BCUT2D eigenvalue weighted by molar-refractivity contribution is 0.407. The number of aromatic nitrogens is 2. The molecule has 2 aromatic rings. The van der Waals surface area contributed by atoms with Crippen molar-refractivity contribution in [1.29, 1.82) is 0 Å². The lowest BCUT2D eigenvalue weighted by Crippen LogP contribution is -1.91. The molecule has 1 aromatic carbocycles. The van der Waals surface area contributed by atoms with Crippen LogP contribution in [0.2, 0.25) is 0 Å². The van der Waals surface area contributed by atoms with Crippen LogP contribution < -0.4 is 4.74 Å². The Labute approximate surface area is 87.8 Å². The van der Waals surface area contributed by atoms with E-state index < -0.39 is 0 Å². The normalized spacial score (nSPS) is 10.3. The van der Waals surface area contributed by atoms with Crippen LogP contribution in [0, 0.1) is 6.92 Å². The predicted octanol–water partition coefficient (Wildman–Crippen LogP) is 1.89. The van der Waals surface area contributed by atoms with Crippen LogP contribution in [0.15, 0.2) is 30.7 Å². The standard InChI is InChI=1S/C11H12N2O2/c1-8-6-13(7-12-8)9-3-10(14)5-11(4-9)15-2/h3-7,14H,1-2H3. The Bertz CT molecular complexity index is 477. The fourth-order valence-electron chi connectivity index (χ4n) is 1.40. The van der Waals surface area contributed by atoms with Gasteiger partial charge in [-0.1, -0.05) is 0 Å². The minimum Gasteiger partial charge on any atom is -0.508 e. The van der Waals surface area contributed by atoms with Gasteiger partial charge in [0.1, 0.15) is 11.5 Å². The number of aryl methyl sites for hydroxylation is 1. The molecule has 0 amide bonds. The zero-order valence-corrected chi connectivity index (χ0v) is 8.64. The molecule has 4 nitrogen and oxygen atoms in total. The van der Waals surface area contributed by atoms with Crippen LogP contribution in [0.4, 0.5) is 0 Å². The van der Waals surface area contributed by atoms with Gasteiger partial charge in [0.2, 0.25) is 0 Å². The molecule has 0 spiro atoms. The van der Waals surface area contributed by atoms with Gasteiger partial charge in [-0.15, -0.1) is 0 Å². The minimum absolute atomic E-state index is 0.177. The van der Waals surface area contributed by atoms with Crippen molar-refractivity contribution in [2.24, 2.45) is 0 Å². The fraction of sp³-hybridized carbons (Fsp3) is 0.182. The van der Waals surface area contributed by atoms with E-state index in [9.17, 15) is 5.11 Å². The molecule has 0 aliphatic rings. The number of methoxy groups -OCH3 is 1. The number of hydrogen-bond donors (Lipinski definition) is 1. The summed E-state index contributed by atoms with van der Waals surface area (Å²) in [5, 5.41) is 9.48. The number of imidazole rings is 1. The lowest BCUT2D eigenvalue weighted by atomic mass is 10.3. The van der Waals surface area contributed by atoms with Crippen LogP contribution in [0.3, 0.4) is 0 Å². The van der Waals surface area contributed by atoms with Gasteiger partial charge in [-0.3, -0.25) is 0 Å². The Hall–Kier alpha value is -1.97. The zero-order chi connectivity index (χ0) is 10.8. The van der Waals surface area contributed by atoms with Crippen LogP contribution in [0.25, 0.3) is 5.69 Å². The maximum atomic E-state index is 9.48. The Balaban J connectivity index is 2.48. The molecular weight excluding hydrogens is 192 g/mol. The third-order valence-electron chi connectivity index (χ3n) is 2.12. The average molecular weight is 204 g/mol. The highest BCUT2D eigenvalue weighted by molar-refractivity contribution is 5.46. The van der Waals surface area contributed by atoms with E-state index in [4.69, 9.17) is 4.74 Å². The molecule has 0 bridgehead atoms. The Morgan fingerprint density at radius 3 is 2.73 bits per heavy atom. The summed E-state index contributed by atoms with van der Waals surface area (Å²) in [6, 6.07) is 5.05. The van der Waals surface area contributed by atoms with Crippen LogP contribution in [0.5, 0.6) is 11.5 Å². The molecule has 0 fully saturated rings. The Morgan fingerprint density at radius 1 is 1.33 bits per heavy atom. The summed E-state index contributed by atoms with van der Waals surface area (Å²) in [7, 11) is 1.57. The molecule has 1 aromatic heterocycles. The molecule has 0 atom stereocenters. The number of rotatable bonds is 2. The van der Waals surface area contributed by atoms with E-state index in [0.717, 1.165) is 11.4 Å². The largest absolute Gasteiger partial charge is 0.508 e. The van der Waals surface area contributed by atoms with Crippen molar-refractivity contribution >= 4 is 0 Å². The molecule has 15 heavy (non-hydrogen) atoms. The highest BCUT2D eigenvalue weighted by atomic mass is 16.5. The second-order valence-corrected chi connectivity index (χ2v) is 3.31. The van der Waals surface area contributed by atoms with Crippen molar-refractivity contribution in [2.75, 3.05) is 7.11 Å². The second kappa shape index (κ2) is 3.65. The first-order valence-electron chi connectivity index (χ1n) is 4.58. The second-order valence-electron chi connectivity index (χ2n) is 3.31. The van der Waals surface area contributed by atoms with Crippen LogP contribution in [-0.2, 0) is 0 Å². The minimum atomic E-state index is 0.177. The third-order valence-corrected chi connectivity index (χ3v) is 2.12. The van der Waals surface area contributed by atoms with Crippen molar-refractivity contribution in [3.63, 3.8) is 0 Å². The summed E-state index contributed by atoms with van der Waals surface area (Å²) < 4.78 is 6.90. The number of phenolic OH excluding ortho intramolecular Hbond substituents is 1. The van der Waals surface area contributed by atoms with Crippen molar-refractivity contribution in [1.82, 2.24) is 9.55 Å². The van der Waals surface area contributed by atoms with Gasteiger partial charge in [-0.2, -0.15) is 0 Å². The topological polar surface area (TPSA) is 47.3 Å². The van der Waals surface area contributed by atoms with E-state index in [-0.39, 0.29) is 5.75 Å². The number of hydrogen-bond acceptors (Lipinski definition) is 3. The predicted molar refractivity (Wildman–Crippen MR) is 56.5 cm³/mol. The van der Waals surface area contributed by atoms with E-state index in [1.54, 1.807) is 25.6 Å². The molecule has 0 saturated heterocycles. The number of benzene rings is 1. The Morgan fingerprint density at radius 2 is 2.13 bits per heavy atom. The van der Waals surface area contributed by atoms with Gasteiger partial charge in [0.05, 0.1) is 24.8 Å². The first-order valence-corrected chi connectivity index (χ1v) is 4.58. The van der Waals surface area contributed by atoms with Crippen LogP contribution in [-0.4, -0.2) is 21.8 Å². The smallest absolute Gasteiger partial charge is 0.124 e. The van der Waals surface area contributed by atoms with Crippen LogP contribution in [0.1, 0.15) is 5.69 Å². The number of ether oxygens (including phenoxy) is 1. The molecule has 1 N–H and O–H groups in total. The van der Waals surface area contributed by atoms with Gasteiger partial charge in [0, 0.05) is 24.4 Å². The van der Waals surface area contributed by atoms with Crippen molar-refractivity contribution in [3.05, 3.63) is 36.4 Å². The monoisotopic (exact) mass is 204 g/mol. The number of phenols is 1. The first kappa shape index (κ1) is 9.58. The van der Waals surface area contributed by atoms with Crippen molar-refractivity contribution in [3.8, 4) is 17.2 Å². The van der Waals surface area contributed by atoms with Gasteiger partial charge in [-0.25, -0.2) is 4.98 Å². The summed E-state index contributed by atoms with van der Waals surface area (Å²) in [4.78, 5) is 4.12. The molecule has 78 valence electrons. The van der Waals surface area contributed by atoms with Crippen LogP contribution >= 0.6 is 0 Å². The molecule has 0 unspecified atom stereocenters. The highest BCUT2D eigenvalue weighted by Gasteiger charge is 2.02. The fourth-order valence-corrected chi connectivity index (χ4v) is 1.40. The molecule has 1 heterocycles. The molecule has 0 aliphatic carbocycles. The van der Waals surface area contributed by atoms with Gasteiger partial charge in [-0.05, 0) is 6.92 Å². The molecule has 2 rings (SSSR count). The van der Waals surface area contributed by atoms with E-state index in [1.165, 1.54) is 0 Å². The molecule has 4 heteroatoms. The van der Waals surface area contributed by atoms with Gasteiger partial charge < -0.3 is 14.4 Å². The quantitative estimate of drug-likeness (QED) is 0.812.